The number of carbonyl (C=O) groups excluding carboxylic acids is 1. The number of aromatic nitrogens is 1. The second-order valence-electron chi connectivity index (χ2n) is 4.71. The van der Waals surface area contributed by atoms with Crippen LogP contribution < -0.4 is 5.32 Å². The summed E-state index contributed by atoms with van der Waals surface area (Å²) in [6.07, 6.45) is 4.55. The Bertz CT molecular complexity index is 398. The zero-order chi connectivity index (χ0) is 14.3. The third kappa shape index (κ3) is 4.88. The molecule has 0 aliphatic rings. The summed E-state index contributed by atoms with van der Waals surface area (Å²) in [6.45, 7) is 5.55. The van der Waals surface area contributed by atoms with Crippen LogP contribution in [0.25, 0.3) is 0 Å². The SMILES string of the molecule is CCCC(CCO)CNC(=O)c1cc(Cl)cn1CC. The Morgan fingerprint density at radius 2 is 2.21 bits per heavy atom. The fraction of sp³-hybridized carbons (Fsp3) is 0.643. The molecule has 1 aromatic rings. The second kappa shape index (κ2) is 8.23. The molecule has 0 aliphatic heterocycles. The van der Waals surface area contributed by atoms with Gasteiger partial charge in [-0.3, -0.25) is 4.79 Å². The van der Waals surface area contributed by atoms with Crippen molar-refractivity contribution in [2.75, 3.05) is 13.2 Å². The molecular weight excluding hydrogens is 264 g/mol. The average molecular weight is 287 g/mol. The number of halogens is 1. The molecular formula is C14H23ClN2O2. The highest BCUT2D eigenvalue weighted by Gasteiger charge is 2.14. The minimum absolute atomic E-state index is 0.104. The number of nitrogens with zero attached hydrogens (tertiary/aromatic N) is 1. The molecule has 2 N–H and O–H groups in total. The number of hydrogen-bond acceptors (Lipinski definition) is 2. The van der Waals surface area contributed by atoms with Crippen LogP contribution in [-0.2, 0) is 6.54 Å². The number of nitrogens with one attached hydrogen (secondary N) is 1. The summed E-state index contributed by atoms with van der Waals surface area (Å²) in [5.41, 5.74) is 0.590. The van der Waals surface area contributed by atoms with Crippen molar-refractivity contribution in [2.45, 2.75) is 39.7 Å². The molecule has 4 nitrogen and oxygen atoms in total. The molecule has 0 radical (unpaired) electrons. The molecule has 0 spiro atoms. The van der Waals surface area contributed by atoms with Crippen LogP contribution in [-0.4, -0.2) is 28.7 Å². The van der Waals surface area contributed by atoms with E-state index in [0.717, 1.165) is 19.3 Å². The molecule has 0 aromatic carbocycles. The predicted molar refractivity (Wildman–Crippen MR) is 77.6 cm³/mol. The van der Waals surface area contributed by atoms with E-state index in [1.807, 2.05) is 11.5 Å². The van der Waals surface area contributed by atoms with E-state index in [1.165, 1.54) is 0 Å². The molecule has 1 unspecified atom stereocenters. The Morgan fingerprint density at radius 1 is 1.47 bits per heavy atom. The van der Waals surface area contributed by atoms with E-state index in [0.29, 0.717) is 29.7 Å². The number of aliphatic hydroxyl groups excluding tert-OH is 1. The zero-order valence-corrected chi connectivity index (χ0v) is 12.4. The van der Waals surface area contributed by atoms with Crippen molar-refractivity contribution < 1.29 is 9.90 Å². The Morgan fingerprint density at radius 3 is 2.79 bits per heavy atom. The molecule has 19 heavy (non-hydrogen) atoms. The highest BCUT2D eigenvalue weighted by atomic mass is 35.5. The van der Waals surface area contributed by atoms with Crippen LogP contribution in [0.15, 0.2) is 12.3 Å². The highest BCUT2D eigenvalue weighted by molar-refractivity contribution is 6.31. The summed E-state index contributed by atoms with van der Waals surface area (Å²) in [5.74, 6) is 0.229. The van der Waals surface area contributed by atoms with Crippen molar-refractivity contribution in [1.82, 2.24) is 9.88 Å². The van der Waals surface area contributed by atoms with Gasteiger partial charge in [0.2, 0.25) is 0 Å². The van der Waals surface area contributed by atoms with E-state index >= 15 is 0 Å². The monoisotopic (exact) mass is 286 g/mol. The van der Waals surface area contributed by atoms with Crippen LogP contribution in [0.1, 0.15) is 43.6 Å². The van der Waals surface area contributed by atoms with Gasteiger partial charge >= 0.3 is 0 Å². The molecule has 1 amide bonds. The molecule has 0 fully saturated rings. The Balaban J connectivity index is 2.58. The van der Waals surface area contributed by atoms with Crippen LogP contribution in [0.3, 0.4) is 0 Å². The normalized spacial score (nSPS) is 12.4. The maximum atomic E-state index is 12.1. The van der Waals surface area contributed by atoms with Crippen molar-refractivity contribution in [3.05, 3.63) is 23.0 Å². The molecule has 1 rings (SSSR count). The molecule has 1 heterocycles. The Kier molecular flexibility index (Phi) is 6.95. The summed E-state index contributed by atoms with van der Waals surface area (Å²) in [6, 6.07) is 1.68. The molecule has 0 saturated heterocycles. The van der Waals surface area contributed by atoms with Gasteiger partial charge in [-0.25, -0.2) is 0 Å². The molecule has 108 valence electrons. The van der Waals surface area contributed by atoms with Crippen LogP contribution in [0, 0.1) is 5.92 Å². The third-order valence-corrected chi connectivity index (χ3v) is 3.43. The highest BCUT2D eigenvalue weighted by Crippen LogP contribution is 2.15. The topological polar surface area (TPSA) is 54.3 Å². The van der Waals surface area contributed by atoms with Crippen LogP contribution in [0.5, 0.6) is 0 Å². The standard InChI is InChI=1S/C14H23ClN2O2/c1-3-5-11(6-7-18)9-16-14(19)13-8-12(15)10-17(13)4-2/h8,10-11,18H,3-7,9H2,1-2H3,(H,16,19). The van der Waals surface area contributed by atoms with E-state index in [4.69, 9.17) is 16.7 Å². The number of rotatable bonds is 8. The van der Waals surface area contributed by atoms with Crippen LogP contribution in [0.4, 0.5) is 0 Å². The van der Waals surface area contributed by atoms with Crippen LogP contribution >= 0.6 is 11.6 Å². The zero-order valence-electron chi connectivity index (χ0n) is 11.7. The maximum Gasteiger partial charge on any atom is 0.267 e. The fourth-order valence-electron chi connectivity index (χ4n) is 2.19. The van der Waals surface area contributed by atoms with Gasteiger partial charge in [-0.15, -0.1) is 0 Å². The van der Waals surface area contributed by atoms with E-state index in [-0.39, 0.29) is 12.5 Å². The van der Waals surface area contributed by atoms with Crippen molar-refractivity contribution >= 4 is 17.5 Å². The maximum absolute atomic E-state index is 12.1. The lowest BCUT2D eigenvalue weighted by Gasteiger charge is -2.16. The van der Waals surface area contributed by atoms with Crippen molar-refractivity contribution in [3.8, 4) is 0 Å². The lowest BCUT2D eigenvalue weighted by Crippen LogP contribution is -2.31. The van der Waals surface area contributed by atoms with Crippen molar-refractivity contribution in [3.63, 3.8) is 0 Å². The van der Waals surface area contributed by atoms with Gasteiger partial charge in [0.15, 0.2) is 0 Å². The van der Waals surface area contributed by atoms with Gasteiger partial charge in [-0.2, -0.15) is 0 Å². The second-order valence-corrected chi connectivity index (χ2v) is 5.14. The number of hydrogen-bond donors (Lipinski definition) is 2. The van der Waals surface area contributed by atoms with Gasteiger partial charge in [0.05, 0.1) is 5.02 Å². The van der Waals surface area contributed by atoms with Gasteiger partial charge in [-0.1, -0.05) is 24.9 Å². The number of aliphatic hydroxyl groups is 1. The Hall–Kier alpha value is -1.00. The van der Waals surface area contributed by atoms with Gasteiger partial charge in [0.25, 0.3) is 5.91 Å². The first kappa shape index (κ1) is 16.1. The summed E-state index contributed by atoms with van der Waals surface area (Å²) in [7, 11) is 0. The molecule has 1 atom stereocenters. The Labute approximate surface area is 119 Å². The summed E-state index contributed by atoms with van der Waals surface area (Å²) in [4.78, 5) is 12.1. The van der Waals surface area contributed by atoms with Gasteiger partial charge in [0.1, 0.15) is 5.69 Å². The first-order valence-electron chi connectivity index (χ1n) is 6.87. The predicted octanol–water partition coefficient (Wildman–Crippen LogP) is 2.69. The largest absolute Gasteiger partial charge is 0.396 e. The summed E-state index contributed by atoms with van der Waals surface area (Å²) >= 11 is 5.92. The van der Waals surface area contributed by atoms with E-state index in [9.17, 15) is 4.79 Å². The van der Waals surface area contributed by atoms with Crippen LogP contribution in [0.2, 0.25) is 5.02 Å². The van der Waals surface area contributed by atoms with Crippen molar-refractivity contribution in [2.24, 2.45) is 5.92 Å². The molecule has 5 heteroatoms. The third-order valence-electron chi connectivity index (χ3n) is 3.22. The number of aryl methyl sites for hydroxylation is 1. The van der Waals surface area contributed by atoms with Crippen molar-refractivity contribution in [1.29, 1.82) is 0 Å². The number of carbonyl (C=O) groups is 1. The van der Waals surface area contributed by atoms with Gasteiger partial charge in [-0.05, 0) is 31.7 Å². The molecule has 0 bridgehead atoms. The molecule has 1 aromatic heterocycles. The smallest absolute Gasteiger partial charge is 0.267 e. The average Bonchev–Trinajstić information content (AvgIpc) is 2.77. The van der Waals surface area contributed by atoms with Gasteiger partial charge in [0, 0.05) is 25.9 Å². The minimum Gasteiger partial charge on any atom is -0.396 e. The number of amides is 1. The van der Waals surface area contributed by atoms with Gasteiger partial charge < -0.3 is 15.0 Å². The quantitative estimate of drug-likeness (QED) is 0.772. The minimum atomic E-state index is -0.104. The molecule has 0 saturated carbocycles. The first-order valence-corrected chi connectivity index (χ1v) is 7.24. The first-order chi connectivity index (χ1) is 9.12. The fourth-order valence-corrected chi connectivity index (χ4v) is 2.41. The van der Waals surface area contributed by atoms with E-state index in [1.54, 1.807) is 12.3 Å². The lowest BCUT2D eigenvalue weighted by molar-refractivity contribution is 0.0933. The van der Waals surface area contributed by atoms with E-state index in [2.05, 4.69) is 12.2 Å². The summed E-state index contributed by atoms with van der Waals surface area (Å²) in [5, 5.41) is 12.5. The van der Waals surface area contributed by atoms with E-state index < -0.39 is 0 Å². The lowest BCUT2D eigenvalue weighted by atomic mass is 10.0. The molecule has 0 aliphatic carbocycles. The summed E-state index contributed by atoms with van der Waals surface area (Å²) < 4.78 is 1.83.